The second-order valence-corrected chi connectivity index (χ2v) is 6.01. The van der Waals surface area contributed by atoms with Gasteiger partial charge in [-0.05, 0) is 33.8 Å². The van der Waals surface area contributed by atoms with Crippen LogP contribution >= 0.6 is 0 Å². The Balaban J connectivity index is 1.91. The topological polar surface area (TPSA) is 108 Å². The van der Waals surface area contributed by atoms with Crippen molar-refractivity contribution in [2.24, 2.45) is 0 Å². The molecule has 4 N–H and O–H groups in total. The van der Waals surface area contributed by atoms with Gasteiger partial charge in [-0.2, -0.15) is 10.2 Å². The van der Waals surface area contributed by atoms with Gasteiger partial charge in [-0.1, -0.05) is 0 Å². The smallest absolute Gasteiger partial charge is 0.413 e. The summed E-state index contributed by atoms with van der Waals surface area (Å²) in [6.45, 7) is 8.01. The molecule has 0 radical (unpaired) electrons. The third-order valence-electron chi connectivity index (χ3n) is 2.93. The predicted molar refractivity (Wildman–Crippen MR) is 82.3 cm³/mol. The normalized spacial score (nSPS) is 12.9. The number of amides is 1. The second-order valence-electron chi connectivity index (χ2n) is 6.01. The lowest BCUT2D eigenvalue weighted by atomic mass is 10.2. The average Bonchev–Trinajstić information content (AvgIpc) is 3.04. The second kappa shape index (κ2) is 6.61. The van der Waals surface area contributed by atoms with Gasteiger partial charge in [0, 0.05) is 24.3 Å². The number of hydrogen-bond donors (Lipinski definition) is 4. The highest BCUT2D eigenvalue weighted by Crippen LogP contribution is 2.15. The van der Waals surface area contributed by atoms with Crippen LogP contribution in [-0.2, 0) is 11.3 Å². The minimum atomic E-state index is -0.544. The maximum atomic E-state index is 11.8. The summed E-state index contributed by atoms with van der Waals surface area (Å²) in [6, 6.07) is 2.01. The minimum absolute atomic E-state index is 0.103. The summed E-state index contributed by atoms with van der Waals surface area (Å²) in [7, 11) is 0. The molecule has 1 amide bonds. The zero-order chi connectivity index (χ0) is 16.2. The van der Waals surface area contributed by atoms with Gasteiger partial charge in [0.15, 0.2) is 0 Å². The van der Waals surface area contributed by atoms with Crippen LogP contribution in [0.4, 0.5) is 10.6 Å². The van der Waals surface area contributed by atoms with E-state index in [1.165, 1.54) is 0 Å². The van der Waals surface area contributed by atoms with Crippen LogP contribution in [0.5, 0.6) is 0 Å². The lowest BCUT2D eigenvalue weighted by Crippen LogP contribution is -2.28. The third kappa shape index (κ3) is 4.59. The molecular formula is C14H22N6O2. The number of ether oxygens (including phenoxy) is 1. The summed E-state index contributed by atoms with van der Waals surface area (Å²) < 4.78 is 5.22. The van der Waals surface area contributed by atoms with E-state index in [4.69, 9.17) is 4.74 Å². The highest BCUT2D eigenvalue weighted by Gasteiger charge is 2.18. The van der Waals surface area contributed by atoms with Crippen LogP contribution in [-0.4, -0.2) is 32.1 Å². The molecule has 2 heterocycles. The monoisotopic (exact) mass is 306 g/mol. The van der Waals surface area contributed by atoms with Crippen LogP contribution in [0.3, 0.4) is 0 Å². The number of anilines is 1. The van der Waals surface area contributed by atoms with Crippen LogP contribution < -0.4 is 10.6 Å². The van der Waals surface area contributed by atoms with Crippen molar-refractivity contribution in [3.05, 3.63) is 29.7 Å². The van der Waals surface area contributed by atoms with Crippen molar-refractivity contribution in [1.82, 2.24) is 25.7 Å². The predicted octanol–water partition coefficient (Wildman–Crippen LogP) is 2.33. The fraction of sp³-hybridized carbons (Fsp3) is 0.500. The van der Waals surface area contributed by atoms with Gasteiger partial charge in [-0.3, -0.25) is 15.5 Å². The standard InChI is InChI=1S/C14H22N6O2/c1-9(11-5-6-16-19-11)15-7-10-8-17-20-12(10)18-13(21)22-14(2,3)4/h5-6,8-9,15H,7H2,1-4H3,(H,16,19)(H2,17,18,20,21). The van der Waals surface area contributed by atoms with Gasteiger partial charge in [0.05, 0.1) is 11.9 Å². The Hall–Kier alpha value is -2.35. The van der Waals surface area contributed by atoms with Gasteiger partial charge in [0.25, 0.3) is 0 Å². The summed E-state index contributed by atoms with van der Waals surface area (Å²) in [5, 5.41) is 19.5. The zero-order valence-electron chi connectivity index (χ0n) is 13.2. The molecular weight excluding hydrogens is 284 g/mol. The molecule has 2 aromatic rings. The van der Waals surface area contributed by atoms with Crippen molar-refractivity contribution in [3.63, 3.8) is 0 Å². The van der Waals surface area contributed by atoms with Gasteiger partial charge in [0.2, 0.25) is 0 Å². The molecule has 8 nitrogen and oxygen atoms in total. The molecule has 0 spiro atoms. The number of nitrogens with zero attached hydrogens (tertiary/aromatic N) is 2. The lowest BCUT2D eigenvalue weighted by molar-refractivity contribution is 0.0635. The molecule has 8 heteroatoms. The maximum absolute atomic E-state index is 11.8. The summed E-state index contributed by atoms with van der Waals surface area (Å²) in [5.41, 5.74) is 1.29. The molecule has 120 valence electrons. The first-order valence-corrected chi connectivity index (χ1v) is 7.10. The Morgan fingerprint density at radius 1 is 1.36 bits per heavy atom. The first kappa shape index (κ1) is 16.0. The molecule has 1 atom stereocenters. The Labute approximate surface area is 129 Å². The summed E-state index contributed by atoms with van der Waals surface area (Å²) in [4.78, 5) is 11.8. The number of aromatic amines is 2. The number of rotatable bonds is 5. The minimum Gasteiger partial charge on any atom is -0.444 e. The van der Waals surface area contributed by atoms with Crippen LogP contribution in [0.15, 0.2) is 18.5 Å². The molecule has 0 aliphatic heterocycles. The molecule has 0 saturated heterocycles. The van der Waals surface area contributed by atoms with Gasteiger partial charge < -0.3 is 10.1 Å². The van der Waals surface area contributed by atoms with Crippen molar-refractivity contribution in [3.8, 4) is 0 Å². The lowest BCUT2D eigenvalue weighted by Gasteiger charge is -2.19. The maximum Gasteiger partial charge on any atom is 0.413 e. The summed E-state index contributed by atoms with van der Waals surface area (Å²) >= 11 is 0. The number of carbonyl (C=O) groups is 1. The molecule has 0 fully saturated rings. The molecule has 2 aromatic heterocycles. The largest absolute Gasteiger partial charge is 0.444 e. The highest BCUT2D eigenvalue weighted by atomic mass is 16.6. The molecule has 0 saturated carbocycles. The van der Waals surface area contributed by atoms with E-state index in [0.717, 1.165) is 11.3 Å². The summed E-state index contributed by atoms with van der Waals surface area (Å²) in [5.74, 6) is 0.526. The van der Waals surface area contributed by atoms with E-state index in [9.17, 15) is 4.79 Å². The molecule has 2 rings (SSSR count). The Morgan fingerprint density at radius 3 is 2.77 bits per heavy atom. The number of carbonyl (C=O) groups excluding carboxylic acids is 1. The van der Waals surface area contributed by atoms with E-state index in [2.05, 4.69) is 31.0 Å². The first-order chi connectivity index (χ1) is 10.3. The first-order valence-electron chi connectivity index (χ1n) is 7.10. The molecule has 0 aromatic carbocycles. The van der Waals surface area contributed by atoms with E-state index in [1.807, 2.05) is 33.8 Å². The molecule has 0 aliphatic rings. The van der Waals surface area contributed by atoms with Crippen LogP contribution in [0.2, 0.25) is 0 Å². The van der Waals surface area contributed by atoms with Gasteiger partial charge >= 0.3 is 6.09 Å². The van der Waals surface area contributed by atoms with Crippen molar-refractivity contribution < 1.29 is 9.53 Å². The van der Waals surface area contributed by atoms with Crippen molar-refractivity contribution in [2.45, 2.75) is 45.9 Å². The van der Waals surface area contributed by atoms with Gasteiger partial charge in [-0.15, -0.1) is 0 Å². The van der Waals surface area contributed by atoms with Crippen molar-refractivity contribution in [2.75, 3.05) is 5.32 Å². The van der Waals surface area contributed by atoms with Crippen LogP contribution in [0.1, 0.15) is 45.0 Å². The quantitative estimate of drug-likeness (QED) is 0.678. The number of H-pyrrole nitrogens is 2. The average molecular weight is 306 g/mol. The third-order valence-corrected chi connectivity index (χ3v) is 2.93. The fourth-order valence-electron chi connectivity index (χ4n) is 1.84. The summed E-state index contributed by atoms with van der Waals surface area (Å²) in [6.07, 6.45) is 2.86. The zero-order valence-corrected chi connectivity index (χ0v) is 13.2. The molecule has 0 aliphatic carbocycles. The van der Waals surface area contributed by atoms with Gasteiger partial charge in [-0.25, -0.2) is 4.79 Å². The van der Waals surface area contributed by atoms with Gasteiger partial charge in [0.1, 0.15) is 11.4 Å². The van der Waals surface area contributed by atoms with E-state index in [0.29, 0.717) is 12.4 Å². The van der Waals surface area contributed by atoms with E-state index >= 15 is 0 Å². The Morgan fingerprint density at radius 2 is 2.14 bits per heavy atom. The van der Waals surface area contributed by atoms with Crippen molar-refractivity contribution in [1.29, 1.82) is 0 Å². The Bertz CT molecular complexity index is 599. The SMILES string of the molecule is CC(NCc1cn[nH]c1NC(=O)OC(C)(C)C)c1ccn[nH]1. The van der Waals surface area contributed by atoms with E-state index < -0.39 is 11.7 Å². The number of nitrogens with one attached hydrogen (secondary N) is 4. The fourth-order valence-corrected chi connectivity index (χ4v) is 1.84. The molecule has 0 bridgehead atoms. The van der Waals surface area contributed by atoms with E-state index in [-0.39, 0.29) is 6.04 Å². The molecule has 22 heavy (non-hydrogen) atoms. The van der Waals surface area contributed by atoms with Crippen LogP contribution in [0, 0.1) is 0 Å². The molecule has 1 unspecified atom stereocenters. The number of aromatic nitrogens is 4. The number of hydrogen-bond acceptors (Lipinski definition) is 5. The van der Waals surface area contributed by atoms with Crippen molar-refractivity contribution >= 4 is 11.9 Å². The van der Waals surface area contributed by atoms with Crippen LogP contribution in [0.25, 0.3) is 0 Å². The Kier molecular flexibility index (Phi) is 4.81. The highest BCUT2D eigenvalue weighted by molar-refractivity contribution is 5.84. The van der Waals surface area contributed by atoms with E-state index in [1.54, 1.807) is 12.4 Å².